The fraction of sp³-hybridized carbons (Fsp3) is 0.357. The SMILES string of the molecule is CCC(=O)/C=C/c1cccc(C(=O)NCCOC)n1. The smallest absolute Gasteiger partial charge is 0.269 e. The molecule has 0 spiro atoms. The van der Waals surface area contributed by atoms with Gasteiger partial charge in [0.25, 0.3) is 5.91 Å². The minimum atomic E-state index is -0.255. The van der Waals surface area contributed by atoms with Crippen LogP contribution in [0.3, 0.4) is 0 Å². The molecule has 5 nitrogen and oxygen atoms in total. The maximum atomic E-state index is 11.7. The highest BCUT2D eigenvalue weighted by Gasteiger charge is 2.06. The number of allylic oxidation sites excluding steroid dienone is 1. The quantitative estimate of drug-likeness (QED) is 0.596. The van der Waals surface area contributed by atoms with Crippen LogP contribution in [-0.2, 0) is 9.53 Å². The number of hydrogen-bond donors (Lipinski definition) is 1. The predicted molar refractivity (Wildman–Crippen MR) is 72.8 cm³/mol. The Morgan fingerprint density at radius 3 is 2.89 bits per heavy atom. The van der Waals surface area contributed by atoms with E-state index in [1.54, 1.807) is 38.3 Å². The van der Waals surface area contributed by atoms with Crippen LogP contribution in [-0.4, -0.2) is 36.9 Å². The average molecular weight is 262 g/mol. The van der Waals surface area contributed by atoms with Crippen molar-refractivity contribution in [3.63, 3.8) is 0 Å². The Labute approximate surface area is 112 Å². The van der Waals surface area contributed by atoms with E-state index in [1.165, 1.54) is 6.08 Å². The molecule has 1 N–H and O–H groups in total. The van der Waals surface area contributed by atoms with E-state index in [-0.39, 0.29) is 11.7 Å². The fourth-order valence-electron chi connectivity index (χ4n) is 1.32. The first-order chi connectivity index (χ1) is 9.17. The van der Waals surface area contributed by atoms with E-state index in [4.69, 9.17) is 4.74 Å². The van der Waals surface area contributed by atoms with E-state index in [2.05, 4.69) is 10.3 Å². The van der Waals surface area contributed by atoms with E-state index in [1.807, 2.05) is 0 Å². The topological polar surface area (TPSA) is 68.3 Å². The fourth-order valence-corrected chi connectivity index (χ4v) is 1.32. The normalized spacial score (nSPS) is 10.6. The molecule has 0 saturated carbocycles. The molecular weight excluding hydrogens is 244 g/mol. The number of carbonyl (C=O) groups excluding carboxylic acids is 2. The Morgan fingerprint density at radius 2 is 2.21 bits per heavy atom. The summed E-state index contributed by atoms with van der Waals surface area (Å²) in [6, 6.07) is 5.10. The van der Waals surface area contributed by atoms with E-state index in [9.17, 15) is 9.59 Å². The highest BCUT2D eigenvalue weighted by Crippen LogP contribution is 2.02. The van der Waals surface area contributed by atoms with Crippen molar-refractivity contribution < 1.29 is 14.3 Å². The maximum absolute atomic E-state index is 11.7. The van der Waals surface area contributed by atoms with Crippen LogP contribution in [0.1, 0.15) is 29.5 Å². The van der Waals surface area contributed by atoms with Gasteiger partial charge in [-0.1, -0.05) is 13.0 Å². The number of hydrogen-bond acceptors (Lipinski definition) is 4. The van der Waals surface area contributed by atoms with E-state index in [0.717, 1.165) is 0 Å². The Bertz CT molecular complexity index is 470. The summed E-state index contributed by atoms with van der Waals surface area (Å²) < 4.78 is 4.85. The van der Waals surface area contributed by atoms with Gasteiger partial charge in [0.15, 0.2) is 5.78 Å². The lowest BCUT2D eigenvalue weighted by Crippen LogP contribution is -2.27. The zero-order valence-corrected chi connectivity index (χ0v) is 11.2. The van der Waals surface area contributed by atoms with Crippen LogP contribution in [0.2, 0.25) is 0 Å². The number of nitrogens with zero attached hydrogens (tertiary/aromatic N) is 1. The third-order valence-corrected chi connectivity index (χ3v) is 2.38. The van der Waals surface area contributed by atoms with Crippen molar-refractivity contribution >= 4 is 17.8 Å². The molecule has 0 aromatic carbocycles. The third kappa shape index (κ3) is 5.44. The van der Waals surface area contributed by atoms with Crippen molar-refractivity contribution in [3.05, 3.63) is 35.7 Å². The molecule has 0 radical (unpaired) electrons. The molecule has 0 atom stereocenters. The van der Waals surface area contributed by atoms with Crippen LogP contribution in [0.4, 0.5) is 0 Å². The maximum Gasteiger partial charge on any atom is 0.269 e. The summed E-state index contributed by atoms with van der Waals surface area (Å²) in [6.45, 7) is 2.68. The average Bonchev–Trinajstić information content (AvgIpc) is 2.45. The molecule has 1 aromatic rings. The Hall–Kier alpha value is -2.01. The van der Waals surface area contributed by atoms with Crippen LogP contribution >= 0.6 is 0 Å². The first-order valence-electron chi connectivity index (χ1n) is 6.12. The van der Waals surface area contributed by atoms with Gasteiger partial charge in [0.1, 0.15) is 5.69 Å². The molecule has 0 unspecified atom stereocenters. The van der Waals surface area contributed by atoms with E-state index >= 15 is 0 Å². The highest BCUT2D eigenvalue weighted by atomic mass is 16.5. The molecule has 0 fully saturated rings. The Kier molecular flexibility index (Phi) is 6.46. The number of carbonyl (C=O) groups is 2. The number of nitrogens with one attached hydrogen (secondary N) is 1. The van der Waals surface area contributed by atoms with Crippen molar-refractivity contribution in [3.8, 4) is 0 Å². The zero-order valence-electron chi connectivity index (χ0n) is 11.2. The second-order valence-corrected chi connectivity index (χ2v) is 3.85. The van der Waals surface area contributed by atoms with Crippen molar-refractivity contribution in [2.24, 2.45) is 0 Å². The van der Waals surface area contributed by atoms with Gasteiger partial charge >= 0.3 is 0 Å². The van der Waals surface area contributed by atoms with Gasteiger partial charge in [0.2, 0.25) is 0 Å². The van der Waals surface area contributed by atoms with Gasteiger partial charge in [-0.15, -0.1) is 0 Å². The van der Waals surface area contributed by atoms with E-state index in [0.29, 0.717) is 31.0 Å². The van der Waals surface area contributed by atoms with Crippen LogP contribution in [0.25, 0.3) is 6.08 Å². The first kappa shape index (κ1) is 15.0. The molecule has 0 aliphatic rings. The number of ether oxygens (including phenoxy) is 1. The molecule has 0 saturated heterocycles. The van der Waals surface area contributed by atoms with Gasteiger partial charge < -0.3 is 10.1 Å². The molecule has 0 bridgehead atoms. The molecule has 0 aliphatic heterocycles. The van der Waals surface area contributed by atoms with Gasteiger partial charge in [-0.25, -0.2) is 4.98 Å². The number of ketones is 1. The summed E-state index contributed by atoms with van der Waals surface area (Å²) >= 11 is 0. The van der Waals surface area contributed by atoms with Gasteiger partial charge in [-0.05, 0) is 24.3 Å². The minimum absolute atomic E-state index is 0.0248. The summed E-state index contributed by atoms with van der Waals surface area (Å²) in [4.78, 5) is 27.1. The summed E-state index contributed by atoms with van der Waals surface area (Å²) in [5, 5.41) is 2.69. The van der Waals surface area contributed by atoms with Crippen LogP contribution in [0.15, 0.2) is 24.3 Å². The Morgan fingerprint density at radius 1 is 1.42 bits per heavy atom. The van der Waals surface area contributed by atoms with Crippen molar-refractivity contribution in [1.82, 2.24) is 10.3 Å². The lowest BCUT2D eigenvalue weighted by molar-refractivity contribution is -0.114. The number of pyridine rings is 1. The molecule has 0 aliphatic carbocycles. The summed E-state index contributed by atoms with van der Waals surface area (Å²) in [5.74, 6) is -0.231. The summed E-state index contributed by atoms with van der Waals surface area (Å²) in [7, 11) is 1.57. The number of rotatable bonds is 7. The molecule has 1 aromatic heterocycles. The number of aromatic nitrogens is 1. The molecular formula is C14H18N2O3. The first-order valence-corrected chi connectivity index (χ1v) is 6.12. The molecule has 1 rings (SSSR count). The standard InChI is InChI=1S/C14H18N2O3/c1-3-12(17)8-7-11-5-4-6-13(16-11)14(18)15-9-10-19-2/h4-8H,3,9-10H2,1-2H3,(H,15,18)/b8-7+. The lowest BCUT2D eigenvalue weighted by atomic mass is 10.2. The largest absolute Gasteiger partial charge is 0.383 e. The summed E-state index contributed by atoms with van der Waals surface area (Å²) in [6.07, 6.45) is 3.53. The monoisotopic (exact) mass is 262 g/mol. The minimum Gasteiger partial charge on any atom is -0.383 e. The highest BCUT2D eigenvalue weighted by molar-refractivity contribution is 5.94. The molecule has 1 heterocycles. The Balaban J connectivity index is 2.68. The number of amides is 1. The van der Waals surface area contributed by atoms with Gasteiger partial charge in [0, 0.05) is 20.1 Å². The molecule has 19 heavy (non-hydrogen) atoms. The molecule has 5 heteroatoms. The van der Waals surface area contributed by atoms with Gasteiger partial charge in [-0.3, -0.25) is 9.59 Å². The third-order valence-electron chi connectivity index (χ3n) is 2.38. The molecule has 102 valence electrons. The van der Waals surface area contributed by atoms with Crippen LogP contribution in [0, 0.1) is 0 Å². The predicted octanol–water partition coefficient (Wildman–Crippen LogP) is 1.45. The van der Waals surface area contributed by atoms with Crippen molar-refractivity contribution in [2.75, 3.05) is 20.3 Å². The lowest BCUT2D eigenvalue weighted by Gasteiger charge is -2.04. The zero-order chi connectivity index (χ0) is 14.1. The second kappa shape index (κ2) is 8.16. The van der Waals surface area contributed by atoms with Gasteiger partial charge in [-0.2, -0.15) is 0 Å². The van der Waals surface area contributed by atoms with Crippen molar-refractivity contribution in [1.29, 1.82) is 0 Å². The van der Waals surface area contributed by atoms with E-state index < -0.39 is 0 Å². The number of methoxy groups -OCH3 is 1. The van der Waals surface area contributed by atoms with Crippen molar-refractivity contribution in [2.45, 2.75) is 13.3 Å². The van der Waals surface area contributed by atoms with Crippen LogP contribution < -0.4 is 5.32 Å². The molecule has 1 amide bonds. The second-order valence-electron chi connectivity index (χ2n) is 3.85. The van der Waals surface area contributed by atoms with Crippen LogP contribution in [0.5, 0.6) is 0 Å². The van der Waals surface area contributed by atoms with Gasteiger partial charge in [0.05, 0.1) is 12.3 Å². The summed E-state index contributed by atoms with van der Waals surface area (Å²) in [5.41, 5.74) is 0.906.